The summed E-state index contributed by atoms with van der Waals surface area (Å²) >= 11 is 6.31. The van der Waals surface area contributed by atoms with E-state index in [4.69, 9.17) is 16.3 Å². The fourth-order valence-electron chi connectivity index (χ4n) is 4.80. The maximum Gasteiger partial charge on any atom is 0.430 e. The molecule has 3 rings (SSSR count). The zero-order valence-corrected chi connectivity index (χ0v) is 23.7. The van der Waals surface area contributed by atoms with Crippen molar-refractivity contribution in [2.45, 2.75) is 43.1 Å². The first-order chi connectivity index (χ1) is 18.6. The number of rotatable bonds is 9. The molecule has 0 aromatic heterocycles. The van der Waals surface area contributed by atoms with Crippen molar-refractivity contribution in [2.24, 2.45) is 0 Å². The van der Waals surface area contributed by atoms with Crippen molar-refractivity contribution < 1.29 is 37.0 Å². The second-order valence-electron chi connectivity index (χ2n) is 10.3. The van der Waals surface area contributed by atoms with Crippen LogP contribution in [0.4, 0.5) is 23.2 Å². The number of methoxy groups -OCH3 is 1. The van der Waals surface area contributed by atoms with Gasteiger partial charge in [-0.25, -0.2) is 4.39 Å². The van der Waals surface area contributed by atoms with Crippen LogP contribution in [0.15, 0.2) is 42.5 Å². The van der Waals surface area contributed by atoms with Crippen molar-refractivity contribution in [3.63, 3.8) is 0 Å². The summed E-state index contributed by atoms with van der Waals surface area (Å²) in [6, 6.07) is 9.70. The van der Waals surface area contributed by atoms with E-state index in [-0.39, 0.29) is 43.9 Å². The van der Waals surface area contributed by atoms with Gasteiger partial charge >= 0.3 is 6.18 Å². The molecule has 1 N–H and O–H groups in total. The predicted molar refractivity (Wildman–Crippen MR) is 145 cm³/mol. The lowest BCUT2D eigenvalue weighted by atomic mass is 9.88. The average molecular weight is 588 g/mol. The normalized spacial score (nSPS) is 16.7. The molecule has 0 aliphatic carbocycles. The third-order valence-electron chi connectivity index (χ3n) is 7.29. The zero-order chi connectivity index (χ0) is 29.9. The molecule has 2 aromatic carbocycles. The van der Waals surface area contributed by atoms with Gasteiger partial charge in [0.25, 0.3) is 17.4 Å². The van der Waals surface area contributed by atoms with Crippen LogP contribution < -0.4 is 9.64 Å². The number of amides is 2. The molecule has 40 heavy (non-hydrogen) atoms. The van der Waals surface area contributed by atoms with E-state index in [9.17, 15) is 27.9 Å². The van der Waals surface area contributed by atoms with Crippen LogP contribution in [-0.2, 0) is 10.4 Å². The lowest BCUT2D eigenvalue weighted by Crippen LogP contribution is -2.55. The summed E-state index contributed by atoms with van der Waals surface area (Å²) < 4.78 is 62.5. The zero-order valence-electron chi connectivity index (χ0n) is 22.9. The fraction of sp³-hybridized carbons (Fsp3) is 0.500. The van der Waals surface area contributed by atoms with Crippen LogP contribution in [-0.4, -0.2) is 86.5 Å². The van der Waals surface area contributed by atoms with E-state index in [0.29, 0.717) is 23.7 Å². The summed E-state index contributed by atoms with van der Waals surface area (Å²) in [6.45, 7) is 0.589. The van der Waals surface area contributed by atoms with Crippen LogP contribution in [0, 0.1) is 0 Å². The first kappa shape index (κ1) is 31.5. The lowest BCUT2D eigenvalue weighted by molar-refractivity contribution is -0.261. The van der Waals surface area contributed by atoms with Crippen LogP contribution in [0.25, 0.3) is 0 Å². The Morgan fingerprint density at radius 1 is 1.10 bits per heavy atom. The summed E-state index contributed by atoms with van der Waals surface area (Å²) in [4.78, 5) is 29.3. The number of piperidine rings is 1. The molecule has 1 saturated heterocycles. The second-order valence-corrected chi connectivity index (χ2v) is 10.7. The maximum atomic E-state index is 15.6. The monoisotopic (exact) mass is 587 g/mol. The Bertz CT molecular complexity index is 1220. The largest absolute Gasteiger partial charge is 0.497 e. The second kappa shape index (κ2) is 12.2. The molecule has 0 spiro atoms. The van der Waals surface area contributed by atoms with Gasteiger partial charge in [-0.3, -0.25) is 9.59 Å². The van der Waals surface area contributed by atoms with Crippen molar-refractivity contribution in [3.05, 3.63) is 58.6 Å². The van der Waals surface area contributed by atoms with Gasteiger partial charge in [0.05, 0.1) is 17.7 Å². The standard InChI is InChI=1S/C28H34ClF4N3O4/c1-34(2)24(37)22-10-9-20(18-23(22)29)36-15-12-26(30,13-16-36)11-6-14-35(3)25(38)27(39,28(31,32)33)19-7-5-8-21(17-19)40-4/h5,7-10,17-18,39H,6,11-16H2,1-4H3/t27-/m1/s1. The molecule has 0 saturated carbocycles. The number of halogens is 5. The topological polar surface area (TPSA) is 73.3 Å². The van der Waals surface area contributed by atoms with Gasteiger partial charge in [-0.05, 0) is 56.0 Å². The smallest absolute Gasteiger partial charge is 0.430 e. The summed E-state index contributed by atoms with van der Waals surface area (Å²) in [7, 11) is 5.67. The van der Waals surface area contributed by atoms with Crippen LogP contribution in [0.2, 0.25) is 5.02 Å². The van der Waals surface area contributed by atoms with Gasteiger partial charge in [0.15, 0.2) is 0 Å². The number of anilines is 1. The molecular weight excluding hydrogens is 554 g/mol. The quantitative estimate of drug-likeness (QED) is 0.416. The van der Waals surface area contributed by atoms with Gasteiger partial charge in [0.2, 0.25) is 0 Å². The minimum atomic E-state index is -5.29. The first-order valence-electron chi connectivity index (χ1n) is 12.8. The molecule has 0 unspecified atom stereocenters. The number of ether oxygens (including phenoxy) is 1. The van der Waals surface area contributed by atoms with Gasteiger partial charge < -0.3 is 24.5 Å². The van der Waals surface area contributed by atoms with Crippen LogP contribution in [0.5, 0.6) is 5.75 Å². The van der Waals surface area contributed by atoms with Gasteiger partial charge in [-0.1, -0.05) is 23.7 Å². The van der Waals surface area contributed by atoms with Gasteiger partial charge in [0, 0.05) is 52.0 Å². The van der Waals surface area contributed by atoms with Crippen molar-refractivity contribution in [1.82, 2.24) is 9.80 Å². The molecule has 12 heteroatoms. The Kier molecular flexibility index (Phi) is 9.62. The number of alkyl halides is 4. The summed E-state index contributed by atoms with van der Waals surface area (Å²) in [5, 5.41) is 10.9. The van der Waals surface area contributed by atoms with Crippen LogP contribution in [0.3, 0.4) is 0 Å². The van der Waals surface area contributed by atoms with Gasteiger partial charge in [-0.15, -0.1) is 0 Å². The number of carbonyl (C=O) groups is 2. The number of hydrogen-bond acceptors (Lipinski definition) is 5. The molecule has 0 bridgehead atoms. The number of aliphatic hydroxyl groups is 1. The van der Waals surface area contributed by atoms with Gasteiger partial charge in [-0.2, -0.15) is 13.2 Å². The van der Waals surface area contributed by atoms with Gasteiger partial charge in [0.1, 0.15) is 11.4 Å². The maximum absolute atomic E-state index is 15.6. The number of carbonyl (C=O) groups excluding carboxylic acids is 2. The minimum absolute atomic E-state index is 0.0408. The number of likely N-dealkylation sites (N-methyl/N-ethyl adjacent to an activating group) is 1. The van der Waals surface area contributed by atoms with Crippen molar-refractivity contribution in [1.29, 1.82) is 0 Å². The summed E-state index contributed by atoms with van der Waals surface area (Å²) in [6.07, 6.45) is -4.79. The van der Waals surface area contributed by atoms with E-state index in [1.165, 1.54) is 24.1 Å². The number of benzene rings is 2. The third-order valence-corrected chi connectivity index (χ3v) is 7.60. The molecule has 1 aliphatic heterocycles. The molecular formula is C28H34ClF4N3O4. The van der Waals surface area contributed by atoms with Crippen molar-refractivity contribution >= 4 is 29.1 Å². The van der Waals surface area contributed by atoms with E-state index >= 15 is 4.39 Å². The third kappa shape index (κ3) is 6.63. The molecule has 2 aromatic rings. The molecule has 1 aliphatic rings. The highest BCUT2D eigenvalue weighted by Crippen LogP contribution is 2.41. The van der Waals surface area contributed by atoms with E-state index in [2.05, 4.69) is 0 Å². The summed E-state index contributed by atoms with van der Waals surface area (Å²) in [5.41, 5.74) is -4.86. The number of hydrogen-bond donors (Lipinski definition) is 1. The van der Waals surface area contributed by atoms with E-state index in [1.807, 2.05) is 4.90 Å². The Morgan fingerprint density at radius 2 is 1.75 bits per heavy atom. The first-order valence-corrected chi connectivity index (χ1v) is 13.1. The SMILES string of the molecule is COc1cccc([C@@](O)(C(=O)N(C)CCCC2(F)CCN(c3ccc(C(=O)N(C)C)c(Cl)c3)CC2)C(F)(F)F)c1. The van der Waals surface area contributed by atoms with E-state index < -0.39 is 28.9 Å². The van der Waals surface area contributed by atoms with Crippen LogP contribution >= 0.6 is 11.6 Å². The summed E-state index contributed by atoms with van der Waals surface area (Å²) in [5.74, 6) is -1.72. The highest BCUT2D eigenvalue weighted by Gasteiger charge is 2.61. The Hall–Kier alpha value is -3.05. The lowest BCUT2D eigenvalue weighted by Gasteiger charge is -2.38. The molecule has 1 heterocycles. The number of nitrogens with zero attached hydrogens (tertiary/aromatic N) is 3. The van der Waals surface area contributed by atoms with Crippen molar-refractivity contribution in [2.75, 3.05) is 52.8 Å². The predicted octanol–water partition coefficient (Wildman–Crippen LogP) is 5.05. The van der Waals surface area contributed by atoms with Crippen molar-refractivity contribution in [3.8, 4) is 5.75 Å². The highest BCUT2D eigenvalue weighted by molar-refractivity contribution is 6.34. The Labute approximate surface area is 236 Å². The minimum Gasteiger partial charge on any atom is -0.497 e. The van der Waals surface area contributed by atoms with Crippen LogP contribution in [0.1, 0.15) is 41.6 Å². The highest BCUT2D eigenvalue weighted by atomic mass is 35.5. The van der Waals surface area contributed by atoms with E-state index in [0.717, 1.165) is 29.8 Å². The molecule has 1 fully saturated rings. The molecule has 2 amide bonds. The average Bonchev–Trinajstić information content (AvgIpc) is 2.91. The Balaban J connectivity index is 1.60. The Morgan fingerprint density at radius 3 is 2.30 bits per heavy atom. The van der Waals surface area contributed by atoms with E-state index in [1.54, 1.807) is 32.3 Å². The molecule has 0 radical (unpaired) electrons. The fourth-order valence-corrected chi connectivity index (χ4v) is 5.05. The molecule has 1 atom stereocenters. The molecule has 7 nitrogen and oxygen atoms in total. The molecule has 220 valence electrons.